The second kappa shape index (κ2) is 8.97. The van der Waals surface area contributed by atoms with Crippen molar-refractivity contribution >= 4 is 17.3 Å². The number of nitrogens with zero attached hydrogens (tertiary/aromatic N) is 4. The van der Waals surface area contributed by atoms with E-state index in [9.17, 15) is 14.9 Å². The minimum Gasteiger partial charge on any atom is -0.326 e. The molecule has 28 heavy (non-hydrogen) atoms. The summed E-state index contributed by atoms with van der Waals surface area (Å²) >= 11 is 0. The Labute approximate surface area is 164 Å². The molecule has 2 atom stereocenters. The van der Waals surface area contributed by atoms with Crippen LogP contribution in [0.3, 0.4) is 0 Å². The smallest absolute Gasteiger partial charge is 0.306 e. The summed E-state index contributed by atoms with van der Waals surface area (Å²) in [7, 11) is 0. The first kappa shape index (κ1) is 20.0. The molecule has 0 radical (unpaired) electrons. The van der Waals surface area contributed by atoms with Crippen molar-refractivity contribution in [1.29, 1.82) is 0 Å². The van der Waals surface area contributed by atoms with E-state index in [1.165, 1.54) is 22.6 Å². The van der Waals surface area contributed by atoms with Gasteiger partial charge in [-0.2, -0.15) is 5.10 Å². The van der Waals surface area contributed by atoms with Gasteiger partial charge in [0.2, 0.25) is 5.91 Å². The highest BCUT2D eigenvalue weighted by Crippen LogP contribution is 2.22. The first-order chi connectivity index (χ1) is 13.4. The van der Waals surface area contributed by atoms with Gasteiger partial charge in [-0.3, -0.25) is 19.6 Å². The standard InChI is InChI=1S/C20H27N5O3/c1-15-12-23(13-16(15)2)8-6-17-4-3-5-18(10-17)22-20(26)7-9-24-14-19(11-21-24)25(27)28/h3-5,10-11,14-16H,6-9,12-13H2,1-2H3,(H,22,26)/t15-,16-/m1/s1. The highest BCUT2D eigenvalue weighted by atomic mass is 16.6. The van der Waals surface area contributed by atoms with Crippen LogP contribution in [0.15, 0.2) is 36.7 Å². The van der Waals surface area contributed by atoms with Crippen LogP contribution in [0.2, 0.25) is 0 Å². The largest absolute Gasteiger partial charge is 0.326 e. The zero-order valence-electron chi connectivity index (χ0n) is 16.4. The topological polar surface area (TPSA) is 93.3 Å². The molecule has 1 aliphatic heterocycles. The van der Waals surface area contributed by atoms with E-state index in [-0.39, 0.29) is 18.0 Å². The summed E-state index contributed by atoms with van der Waals surface area (Å²) in [6.07, 6.45) is 3.67. The number of likely N-dealkylation sites (tertiary alicyclic amines) is 1. The summed E-state index contributed by atoms with van der Waals surface area (Å²) in [5, 5.41) is 17.5. The number of carbonyl (C=O) groups excluding carboxylic acids is 1. The van der Waals surface area contributed by atoms with Gasteiger partial charge in [-0.25, -0.2) is 0 Å². The summed E-state index contributed by atoms with van der Waals surface area (Å²) in [6.45, 7) is 8.26. The predicted octanol–water partition coefficient (Wildman–Crippen LogP) is 2.95. The number of hydrogen-bond donors (Lipinski definition) is 1. The monoisotopic (exact) mass is 385 g/mol. The lowest BCUT2D eigenvalue weighted by Crippen LogP contribution is -2.23. The van der Waals surface area contributed by atoms with Crippen LogP contribution < -0.4 is 5.32 Å². The molecule has 150 valence electrons. The molecule has 1 aromatic heterocycles. The molecule has 1 fully saturated rings. The molecule has 8 heteroatoms. The van der Waals surface area contributed by atoms with Crippen LogP contribution in [0.25, 0.3) is 0 Å². The van der Waals surface area contributed by atoms with E-state index in [0.29, 0.717) is 6.54 Å². The van der Waals surface area contributed by atoms with Crippen molar-refractivity contribution in [2.45, 2.75) is 33.2 Å². The zero-order valence-corrected chi connectivity index (χ0v) is 16.4. The minimum atomic E-state index is -0.501. The molecular formula is C20H27N5O3. The maximum atomic E-state index is 12.2. The minimum absolute atomic E-state index is 0.0742. The Morgan fingerprint density at radius 1 is 1.29 bits per heavy atom. The third-order valence-corrected chi connectivity index (χ3v) is 5.39. The molecule has 0 spiro atoms. The maximum absolute atomic E-state index is 12.2. The first-order valence-electron chi connectivity index (χ1n) is 9.68. The van der Waals surface area contributed by atoms with Crippen LogP contribution in [0.1, 0.15) is 25.8 Å². The number of nitrogens with one attached hydrogen (secondary N) is 1. The Morgan fingerprint density at radius 2 is 2.04 bits per heavy atom. The first-order valence-corrected chi connectivity index (χ1v) is 9.68. The van der Waals surface area contributed by atoms with Crippen molar-refractivity contribution in [3.05, 3.63) is 52.3 Å². The lowest BCUT2D eigenvalue weighted by atomic mass is 10.0. The molecule has 1 aromatic carbocycles. The molecule has 0 saturated carbocycles. The van der Waals surface area contributed by atoms with E-state index in [1.54, 1.807) is 0 Å². The van der Waals surface area contributed by atoms with Gasteiger partial charge < -0.3 is 10.2 Å². The van der Waals surface area contributed by atoms with Crippen molar-refractivity contribution in [2.24, 2.45) is 11.8 Å². The summed E-state index contributed by atoms with van der Waals surface area (Å²) in [6, 6.07) is 7.93. The van der Waals surface area contributed by atoms with E-state index in [2.05, 4.69) is 35.2 Å². The Bertz CT molecular complexity index is 825. The van der Waals surface area contributed by atoms with Gasteiger partial charge in [0, 0.05) is 38.3 Å². The van der Waals surface area contributed by atoms with Crippen LogP contribution >= 0.6 is 0 Å². The normalized spacial score (nSPS) is 19.6. The van der Waals surface area contributed by atoms with Gasteiger partial charge in [-0.15, -0.1) is 0 Å². The average Bonchev–Trinajstić information content (AvgIpc) is 3.26. The number of aromatic nitrogens is 2. The van der Waals surface area contributed by atoms with Gasteiger partial charge in [0.15, 0.2) is 0 Å². The van der Waals surface area contributed by atoms with Crippen molar-refractivity contribution in [2.75, 3.05) is 25.0 Å². The molecule has 0 aliphatic carbocycles. The lowest BCUT2D eigenvalue weighted by molar-refractivity contribution is -0.385. The number of amides is 1. The van der Waals surface area contributed by atoms with Crippen LogP contribution in [-0.4, -0.2) is 45.1 Å². The molecule has 1 amide bonds. The summed E-state index contributed by atoms with van der Waals surface area (Å²) in [5.41, 5.74) is 1.90. The molecule has 2 aromatic rings. The molecule has 0 unspecified atom stereocenters. The average molecular weight is 385 g/mol. The Hall–Kier alpha value is -2.74. The number of aryl methyl sites for hydroxylation is 1. The van der Waals surface area contributed by atoms with E-state index in [0.717, 1.165) is 43.6 Å². The van der Waals surface area contributed by atoms with Crippen LogP contribution in [0, 0.1) is 22.0 Å². The summed E-state index contributed by atoms with van der Waals surface area (Å²) in [5.74, 6) is 1.36. The number of benzene rings is 1. The third-order valence-electron chi connectivity index (χ3n) is 5.39. The Balaban J connectivity index is 1.46. The summed E-state index contributed by atoms with van der Waals surface area (Å²) in [4.78, 5) is 24.8. The third kappa shape index (κ3) is 5.39. The van der Waals surface area contributed by atoms with Gasteiger partial charge in [-0.1, -0.05) is 26.0 Å². The second-order valence-corrected chi connectivity index (χ2v) is 7.68. The van der Waals surface area contributed by atoms with Gasteiger partial charge in [0.05, 0.1) is 4.92 Å². The molecule has 2 heterocycles. The van der Waals surface area contributed by atoms with Crippen molar-refractivity contribution in [1.82, 2.24) is 14.7 Å². The van der Waals surface area contributed by atoms with Crippen molar-refractivity contribution < 1.29 is 9.72 Å². The van der Waals surface area contributed by atoms with Gasteiger partial charge in [-0.05, 0) is 36.0 Å². The molecule has 1 N–H and O–H groups in total. The highest BCUT2D eigenvalue weighted by Gasteiger charge is 2.25. The second-order valence-electron chi connectivity index (χ2n) is 7.68. The Morgan fingerprint density at radius 3 is 2.71 bits per heavy atom. The fourth-order valence-corrected chi connectivity index (χ4v) is 3.53. The molecular weight excluding hydrogens is 358 g/mol. The number of hydrogen-bond acceptors (Lipinski definition) is 5. The highest BCUT2D eigenvalue weighted by molar-refractivity contribution is 5.90. The molecule has 8 nitrogen and oxygen atoms in total. The summed E-state index contributed by atoms with van der Waals surface area (Å²) < 4.78 is 1.41. The molecule has 1 aliphatic rings. The van der Waals surface area contributed by atoms with E-state index < -0.39 is 4.92 Å². The van der Waals surface area contributed by atoms with Crippen molar-refractivity contribution in [3.8, 4) is 0 Å². The fourth-order valence-electron chi connectivity index (χ4n) is 3.53. The van der Waals surface area contributed by atoms with Crippen LogP contribution in [0.5, 0.6) is 0 Å². The molecule has 0 bridgehead atoms. The number of anilines is 1. The van der Waals surface area contributed by atoms with Crippen molar-refractivity contribution in [3.63, 3.8) is 0 Å². The quantitative estimate of drug-likeness (QED) is 0.557. The van der Waals surface area contributed by atoms with Gasteiger partial charge >= 0.3 is 5.69 Å². The van der Waals surface area contributed by atoms with Crippen LogP contribution in [-0.2, 0) is 17.8 Å². The van der Waals surface area contributed by atoms with E-state index in [4.69, 9.17) is 0 Å². The predicted molar refractivity (Wildman–Crippen MR) is 107 cm³/mol. The lowest BCUT2D eigenvalue weighted by Gasteiger charge is -2.15. The van der Waals surface area contributed by atoms with Gasteiger partial charge in [0.25, 0.3) is 0 Å². The molecule has 1 saturated heterocycles. The van der Waals surface area contributed by atoms with Crippen LogP contribution in [0.4, 0.5) is 11.4 Å². The van der Waals surface area contributed by atoms with E-state index >= 15 is 0 Å². The number of carbonyl (C=O) groups is 1. The zero-order chi connectivity index (χ0) is 20.1. The Kier molecular flexibility index (Phi) is 6.41. The fraction of sp³-hybridized carbons (Fsp3) is 0.500. The SMILES string of the molecule is C[C@@H]1CN(CCc2cccc(NC(=O)CCn3cc([N+](=O)[O-])cn3)c2)C[C@H]1C. The number of rotatable bonds is 8. The maximum Gasteiger partial charge on any atom is 0.306 e. The van der Waals surface area contributed by atoms with Gasteiger partial charge in [0.1, 0.15) is 12.4 Å². The van der Waals surface area contributed by atoms with E-state index in [1.807, 2.05) is 18.2 Å². The molecule has 3 rings (SSSR count). The number of nitro groups is 1.